The van der Waals surface area contributed by atoms with Crippen LogP contribution in [0.25, 0.3) is 0 Å². The monoisotopic (exact) mass is 252 g/mol. The summed E-state index contributed by atoms with van der Waals surface area (Å²) in [5.41, 5.74) is 6.03. The molecule has 0 bridgehead atoms. The number of nitrogens with two attached hydrogens (primary N) is 1. The first kappa shape index (κ1) is 14.3. The maximum absolute atomic E-state index is 6.03. The van der Waals surface area contributed by atoms with Crippen LogP contribution in [0.5, 0.6) is 0 Å². The van der Waals surface area contributed by atoms with Crippen molar-refractivity contribution in [3.05, 3.63) is 0 Å². The van der Waals surface area contributed by atoms with Gasteiger partial charge in [0.25, 0.3) is 0 Å². The summed E-state index contributed by atoms with van der Waals surface area (Å²) in [7, 11) is 0. The molecule has 4 atom stereocenters. The molecule has 2 aliphatic rings. The molecule has 1 heterocycles. The van der Waals surface area contributed by atoms with Crippen molar-refractivity contribution < 1.29 is 0 Å². The highest BCUT2D eigenvalue weighted by atomic mass is 15.2. The number of nitrogens with zero attached hydrogens (tertiary/aromatic N) is 1. The van der Waals surface area contributed by atoms with E-state index in [0.29, 0.717) is 0 Å². The van der Waals surface area contributed by atoms with E-state index in [-0.39, 0.29) is 0 Å². The normalized spacial score (nSPS) is 38.8. The molecule has 0 aromatic heterocycles. The van der Waals surface area contributed by atoms with Crippen LogP contribution >= 0.6 is 0 Å². The number of hydrogen-bond acceptors (Lipinski definition) is 2. The SMILES string of the molecule is CCC1CCC(CN)C(N2CCCC(CC)C2)C1. The van der Waals surface area contributed by atoms with Crippen LogP contribution in [0.1, 0.15) is 58.8 Å². The number of likely N-dealkylation sites (tertiary alicyclic amines) is 1. The molecule has 2 N–H and O–H groups in total. The summed E-state index contributed by atoms with van der Waals surface area (Å²) in [5, 5.41) is 0. The van der Waals surface area contributed by atoms with Crippen molar-refractivity contribution in [2.45, 2.75) is 64.8 Å². The molecule has 106 valence electrons. The Morgan fingerprint density at radius 1 is 1.06 bits per heavy atom. The van der Waals surface area contributed by atoms with Crippen LogP contribution in [-0.4, -0.2) is 30.6 Å². The van der Waals surface area contributed by atoms with Crippen LogP contribution in [0.15, 0.2) is 0 Å². The summed E-state index contributed by atoms with van der Waals surface area (Å²) in [6, 6.07) is 0.794. The molecular formula is C16H32N2. The molecule has 2 rings (SSSR count). The standard InChI is InChI=1S/C16H32N2/c1-3-13-7-8-15(11-17)16(10-13)18-9-5-6-14(4-2)12-18/h13-16H,3-12,17H2,1-2H3. The molecule has 2 heteroatoms. The Hall–Kier alpha value is -0.0800. The Labute approximate surface area is 113 Å². The number of rotatable bonds is 4. The molecule has 1 aliphatic carbocycles. The van der Waals surface area contributed by atoms with Crippen LogP contribution in [0, 0.1) is 17.8 Å². The first-order valence-electron chi connectivity index (χ1n) is 8.22. The van der Waals surface area contributed by atoms with Gasteiger partial charge in [-0.15, -0.1) is 0 Å². The van der Waals surface area contributed by atoms with Gasteiger partial charge in [-0.3, -0.25) is 4.90 Å². The lowest BCUT2D eigenvalue weighted by Gasteiger charge is -2.45. The zero-order valence-corrected chi connectivity index (χ0v) is 12.4. The van der Waals surface area contributed by atoms with Crippen LogP contribution in [0.2, 0.25) is 0 Å². The third-order valence-corrected chi connectivity index (χ3v) is 5.54. The molecule has 0 spiro atoms. The molecule has 0 aromatic rings. The van der Waals surface area contributed by atoms with E-state index < -0.39 is 0 Å². The van der Waals surface area contributed by atoms with Crippen molar-refractivity contribution in [1.29, 1.82) is 0 Å². The maximum Gasteiger partial charge on any atom is 0.0138 e. The predicted molar refractivity (Wildman–Crippen MR) is 78.6 cm³/mol. The van der Waals surface area contributed by atoms with Gasteiger partial charge in [0.2, 0.25) is 0 Å². The van der Waals surface area contributed by atoms with Gasteiger partial charge in [0.1, 0.15) is 0 Å². The van der Waals surface area contributed by atoms with Gasteiger partial charge in [0.15, 0.2) is 0 Å². The van der Waals surface area contributed by atoms with E-state index in [1.807, 2.05) is 0 Å². The van der Waals surface area contributed by atoms with Crippen molar-refractivity contribution in [2.75, 3.05) is 19.6 Å². The predicted octanol–water partition coefficient (Wildman–Crippen LogP) is 3.26. The summed E-state index contributed by atoms with van der Waals surface area (Å²) in [4.78, 5) is 2.80. The van der Waals surface area contributed by atoms with Gasteiger partial charge in [0.05, 0.1) is 0 Å². The van der Waals surface area contributed by atoms with Crippen molar-refractivity contribution in [3.63, 3.8) is 0 Å². The minimum atomic E-state index is 0.767. The highest BCUT2D eigenvalue weighted by Gasteiger charge is 2.34. The molecule has 0 radical (unpaired) electrons. The third-order valence-electron chi connectivity index (χ3n) is 5.54. The van der Waals surface area contributed by atoms with Crippen LogP contribution in [0.3, 0.4) is 0 Å². The fourth-order valence-corrected chi connectivity index (χ4v) is 4.12. The van der Waals surface area contributed by atoms with Gasteiger partial charge in [-0.25, -0.2) is 0 Å². The Kier molecular flexibility index (Phi) is 5.50. The molecule has 2 nitrogen and oxygen atoms in total. The molecule has 2 fully saturated rings. The summed E-state index contributed by atoms with van der Waals surface area (Å²) < 4.78 is 0. The number of hydrogen-bond donors (Lipinski definition) is 1. The average molecular weight is 252 g/mol. The maximum atomic E-state index is 6.03. The molecule has 1 aliphatic heterocycles. The van der Waals surface area contributed by atoms with E-state index in [1.54, 1.807) is 0 Å². The lowest BCUT2D eigenvalue weighted by atomic mass is 9.75. The topological polar surface area (TPSA) is 29.3 Å². The Balaban J connectivity index is 1.98. The molecule has 18 heavy (non-hydrogen) atoms. The Morgan fingerprint density at radius 2 is 1.83 bits per heavy atom. The lowest BCUT2D eigenvalue weighted by Crippen LogP contribution is -2.50. The summed E-state index contributed by atoms with van der Waals surface area (Å²) >= 11 is 0. The minimum absolute atomic E-state index is 0.767. The van der Waals surface area contributed by atoms with E-state index in [2.05, 4.69) is 18.7 Å². The first-order chi connectivity index (χ1) is 8.78. The smallest absolute Gasteiger partial charge is 0.0138 e. The van der Waals surface area contributed by atoms with Gasteiger partial charge in [0, 0.05) is 12.6 Å². The van der Waals surface area contributed by atoms with Crippen LogP contribution in [0.4, 0.5) is 0 Å². The van der Waals surface area contributed by atoms with E-state index in [4.69, 9.17) is 5.73 Å². The minimum Gasteiger partial charge on any atom is -0.330 e. The van der Waals surface area contributed by atoms with Gasteiger partial charge in [-0.1, -0.05) is 33.1 Å². The second kappa shape index (κ2) is 6.91. The summed E-state index contributed by atoms with van der Waals surface area (Å²) in [5.74, 6) is 2.67. The third kappa shape index (κ3) is 3.27. The van der Waals surface area contributed by atoms with Crippen molar-refractivity contribution in [3.8, 4) is 0 Å². The van der Waals surface area contributed by atoms with Crippen LogP contribution in [-0.2, 0) is 0 Å². The Bertz CT molecular complexity index is 241. The van der Waals surface area contributed by atoms with Crippen molar-refractivity contribution >= 4 is 0 Å². The first-order valence-corrected chi connectivity index (χ1v) is 8.22. The van der Waals surface area contributed by atoms with E-state index >= 15 is 0 Å². The van der Waals surface area contributed by atoms with Crippen molar-refractivity contribution in [1.82, 2.24) is 4.90 Å². The summed E-state index contributed by atoms with van der Waals surface area (Å²) in [6.07, 6.45) is 9.77. The highest BCUT2D eigenvalue weighted by Crippen LogP contribution is 2.35. The van der Waals surface area contributed by atoms with Gasteiger partial charge < -0.3 is 5.73 Å². The number of piperidine rings is 1. The molecular weight excluding hydrogens is 220 g/mol. The summed E-state index contributed by atoms with van der Waals surface area (Å²) in [6.45, 7) is 8.27. The van der Waals surface area contributed by atoms with Crippen molar-refractivity contribution in [2.24, 2.45) is 23.5 Å². The largest absolute Gasteiger partial charge is 0.330 e. The van der Waals surface area contributed by atoms with E-state index in [1.165, 1.54) is 58.0 Å². The van der Waals surface area contributed by atoms with Crippen LogP contribution < -0.4 is 5.73 Å². The van der Waals surface area contributed by atoms with Gasteiger partial charge in [-0.2, -0.15) is 0 Å². The second-order valence-electron chi connectivity index (χ2n) is 6.56. The Morgan fingerprint density at radius 3 is 2.50 bits per heavy atom. The molecule has 0 amide bonds. The fraction of sp³-hybridized carbons (Fsp3) is 1.00. The lowest BCUT2D eigenvalue weighted by molar-refractivity contribution is 0.0451. The second-order valence-corrected chi connectivity index (χ2v) is 6.56. The molecule has 0 aromatic carbocycles. The van der Waals surface area contributed by atoms with Gasteiger partial charge >= 0.3 is 0 Å². The zero-order chi connectivity index (χ0) is 13.0. The van der Waals surface area contributed by atoms with E-state index in [9.17, 15) is 0 Å². The molecule has 1 saturated heterocycles. The zero-order valence-electron chi connectivity index (χ0n) is 12.4. The quantitative estimate of drug-likeness (QED) is 0.832. The average Bonchev–Trinajstić information content (AvgIpc) is 2.46. The van der Waals surface area contributed by atoms with E-state index in [0.717, 1.165) is 30.3 Å². The molecule has 4 unspecified atom stereocenters. The van der Waals surface area contributed by atoms with Gasteiger partial charge in [-0.05, 0) is 56.5 Å². The molecule has 1 saturated carbocycles. The highest BCUT2D eigenvalue weighted by molar-refractivity contribution is 4.89. The fourth-order valence-electron chi connectivity index (χ4n) is 4.12.